The number of alkyl halides is 5. The van der Waals surface area contributed by atoms with Crippen molar-refractivity contribution in [2.75, 3.05) is 19.6 Å². The third kappa shape index (κ3) is 6.79. The maximum atomic E-state index is 13.8. The fourth-order valence-corrected chi connectivity index (χ4v) is 5.13. The molecule has 2 aromatic heterocycles. The van der Waals surface area contributed by atoms with Gasteiger partial charge in [-0.1, -0.05) is 18.2 Å². The first-order chi connectivity index (χ1) is 18.4. The van der Waals surface area contributed by atoms with Crippen molar-refractivity contribution >= 4 is 23.2 Å². The van der Waals surface area contributed by atoms with Crippen LogP contribution in [0.25, 0.3) is 16.4 Å². The van der Waals surface area contributed by atoms with E-state index in [9.17, 15) is 36.6 Å². The van der Waals surface area contributed by atoms with E-state index in [-0.39, 0.29) is 41.5 Å². The van der Waals surface area contributed by atoms with E-state index in [0.717, 1.165) is 22.1 Å². The number of hydrogen-bond acceptors (Lipinski definition) is 6. The van der Waals surface area contributed by atoms with Crippen LogP contribution in [0.15, 0.2) is 41.9 Å². The second-order valence-electron chi connectivity index (χ2n) is 9.42. The van der Waals surface area contributed by atoms with Crippen LogP contribution in [0, 0.1) is 5.92 Å². The zero-order chi connectivity index (χ0) is 28.4. The summed E-state index contributed by atoms with van der Waals surface area (Å²) in [5.41, 5.74) is -1.41. The van der Waals surface area contributed by atoms with Crippen LogP contribution in [0.5, 0.6) is 0 Å². The predicted molar refractivity (Wildman–Crippen MR) is 133 cm³/mol. The molecule has 0 bridgehead atoms. The van der Waals surface area contributed by atoms with E-state index in [0.29, 0.717) is 13.0 Å². The monoisotopic (exact) mass is 571 g/mol. The third-order valence-corrected chi connectivity index (χ3v) is 7.34. The van der Waals surface area contributed by atoms with Gasteiger partial charge in [0.05, 0.1) is 23.7 Å². The molecule has 1 aliphatic heterocycles. The molecule has 1 aliphatic rings. The molecule has 0 unspecified atom stereocenters. The number of piperidine rings is 1. The summed E-state index contributed by atoms with van der Waals surface area (Å²) >= 11 is 1.10. The Morgan fingerprint density at radius 2 is 2.00 bits per heavy atom. The van der Waals surface area contributed by atoms with Crippen molar-refractivity contribution < 1.29 is 36.6 Å². The van der Waals surface area contributed by atoms with Gasteiger partial charge in [0.25, 0.3) is 11.8 Å². The fraction of sp³-hybridized carbons (Fsp3) is 0.440. The van der Waals surface area contributed by atoms with Gasteiger partial charge in [-0.15, -0.1) is 11.3 Å². The van der Waals surface area contributed by atoms with Crippen molar-refractivity contribution in [3.63, 3.8) is 0 Å². The molecule has 0 aliphatic carbocycles. The number of nitrogens with zero attached hydrogens (tertiary/aromatic N) is 4. The highest BCUT2D eigenvalue weighted by atomic mass is 32.1. The number of carboxylic acid groups (broad SMARTS) is 1. The van der Waals surface area contributed by atoms with Gasteiger partial charge in [-0.25, -0.2) is 18.4 Å². The molecule has 8 nitrogen and oxygen atoms in total. The lowest BCUT2D eigenvalue weighted by atomic mass is 9.97. The number of amides is 1. The first-order valence-corrected chi connectivity index (χ1v) is 13.0. The molecule has 2 N–H and O–H groups in total. The topological polar surface area (TPSA) is 100 Å². The molecule has 3 aromatic rings. The third-order valence-electron chi connectivity index (χ3n) is 6.59. The largest absolute Gasteiger partial charge is 0.481 e. The Bertz CT molecular complexity index is 1310. The van der Waals surface area contributed by atoms with Crippen LogP contribution in [-0.4, -0.2) is 68.2 Å². The van der Waals surface area contributed by atoms with E-state index >= 15 is 0 Å². The average Bonchev–Trinajstić information content (AvgIpc) is 3.55. The molecule has 3 heterocycles. The highest BCUT2D eigenvalue weighted by Gasteiger charge is 2.37. The lowest BCUT2D eigenvalue weighted by molar-refractivity contribution is -0.142. The van der Waals surface area contributed by atoms with Gasteiger partial charge in [-0.3, -0.25) is 14.5 Å². The van der Waals surface area contributed by atoms with Gasteiger partial charge in [0.15, 0.2) is 5.69 Å². The van der Waals surface area contributed by atoms with Crippen molar-refractivity contribution in [2.24, 2.45) is 5.92 Å². The maximum absolute atomic E-state index is 13.8. The average molecular weight is 572 g/mol. The number of thiazole rings is 1. The molecular weight excluding hydrogens is 545 g/mol. The second-order valence-corrected chi connectivity index (χ2v) is 10.3. The van der Waals surface area contributed by atoms with Crippen molar-refractivity contribution in [3.05, 3.63) is 53.2 Å². The molecule has 2 atom stereocenters. The Morgan fingerprint density at radius 3 is 2.64 bits per heavy atom. The zero-order valence-corrected chi connectivity index (χ0v) is 21.6. The summed E-state index contributed by atoms with van der Waals surface area (Å²) < 4.78 is 70.0. The van der Waals surface area contributed by atoms with Crippen LogP contribution in [0.1, 0.15) is 42.2 Å². The molecule has 0 radical (unpaired) electrons. The predicted octanol–water partition coefficient (Wildman–Crippen LogP) is 4.95. The summed E-state index contributed by atoms with van der Waals surface area (Å²) in [6.45, 7) is 1.50. The number of likely N-dealkylation sites (tertiary alicyclic amines) is 1. The molecule has 4 rings (SSSR count). The zero-order valence-electron chi connectivity index (χ0n) is 20.8. The van der Waals surface area contributed by atoms with Crippen LogP contribution < -0.4 is 5.32 Å². The molecular formula is C25H26F5N5O3S. The molecule has 1 saturated heterocycles. The highest BCUT2D eigenvalue weighted by molar-refractivity contribution is 7.12. The van der Waals surface area contributed by atoms with Gasteiger partial charge >= 0.3 is 12.1 Å². The number of rotatable bonds is 9. The van der Waals surface area contributed by atoms with Crippen LogP contribution in [0.4, 0.5) is 22.0 Å². The Hall–Kier alpha value is -3.39. The minimum atomic E-state index is -4.68. The first-order valence-electron chi connectivity index (χ1n) is 12.2. The van der Waals surface area contributed by atoms with Gasteiger partial charge in [-0.2, -0.15) is 18.3 Å². The molecule has 1 aromatic carbocycles. The summed E-state index contributed by atoms with van der Waals surface area (Å²) in [5.74, 6) is -5.90. The number of aromatic nitrogens is 3. The van der Waals surface area contributed by atoms with E-state index in [2.05, 4.69) is 15.4 Å². The molecule has 210 valence electrons. The van der Waals surface area contributed by atoms with Crippen molar-refractivity contribution in [1.82, 2.24) is 25.0 Å². The summed E-state index contributed by atoms with van der Waals surface area (Å²) in [6, 6.07) is 5.10. The molecule has 1 amide bonds. The van der Waals surface area contributed by atoms with Gasteiger partial charge in [-0.05, 0) is 38.4 Å². The van der Waals surface area contributed by atoms with Gasteiger partial charge < -0.3 is 10.4 Å². The Labute approximate surface area is 224 Å². The molecule has 39 heavy (non-hydrogen) atoms. The first kappa shape index (κ1) is 28.6. The van der Waals surface area contributed by atoms with Crippen molar-refractivity contribution in [2.45, 2.75) is 44.3 Å². The minimum absolute atomic E-state index is 0.0265. The van der Waals surface area contributed by atoms with Crippen LogP contribution >= 0.6 is 11.3 Å². The molecule has 14 heteroatoms. The van der Waals surface area contributed by atoms with E-state index in [1.807, 2.05) is 0 Å². The number of carbonyl (C=O) groups excluding carboxylic acids is 1. The molecule has 0 saturated carbocycles. The Morgan fingerprint density at radius 1 is 1.26 bits per heavy atom. The lowest BCUT2D eigenvalue weighted by Crippen LogP contribution is -2.47. The quantitative estimate of drug-likeness (QED) is 0.353. The van der Waals surface area contributed by atoms with Crippen molar-refractivity contribution in [1.29, 1.82) is 0 Å². The second kappa shape index (κ2) is 11.4. The smallest absolute Gasteiger partial charge is 0.417 e. The number of benzene rings is 1. The minimum Gasteiger partial charge on any atom is -0.481 e. The van der Waals surface area contributed by atoms with E-state index in [4.69, 9.17) is 0 Å². The van der Waals surface area contributed by atoms with Gasteiger partial charge in [0, 0.05) is 36.1 Å². The number of carbonyl (C=O) groups is 2. The van der Waals surface area contributed by atoms with Crippen molar-refractivity contribution in [3.8, 4) is 16.4 Å². The van der Waals surface area contributed by atoms with Crippen LogP contribution in [0.3, 0.4) is 0 Å². The number of aliphatic carboxylic acids is 1. The SMILES string of the molecule is C[C@H](C(=O)O)[C@H](CCN1CCCC(F)(F)C1)NC(=O)c1cc(-c2ccccc2C(F)(F)F)n(-c2nccs2)n1. The maximum Gasteiger partial charge on any atom is 0.417 e. The van der Waals surface area contributed by atoms with Gasteiger partial charge in [0.2, 0.25) is 5.13 Å². The standard InChI is InChI=1S/C25H26F5N5O3S/c1-15(22(37)38)18(7-11-34-10-4-8-24(26,27)14-34)32-21(36)19-13-20(35(33-19)23-31-9-12-39-23)16-5-2-3-6-17(16)25(28,29)30/h2-3,5-6,9,12-13,15,18H,4,7-8,10-11,14H2,1H3,(H,32,36)(H,37,38)/t15-,18-/m0/s1. The van der Waals surface area contributed by atoms with Gasteiger partial charge in [0.1, 0.15) is 0 Å². The number of nitrogens with one attached hydrogen (secondary N) is 1. The summed E-state index contributed by atoms with van der Waals surface area (Å²) in [5, 5.41) is 18.2. The van der Waals surface area contributed by atoms with E-state index in [1.165, 1.54) is 42.3 Å². The molecule has 0 spiro atoms. The lowest BCUT2D eigenvalue weighted by Gasteiger charge is -2.33. The Balaban J connectivity index is 1.62. The fourth-order valence-electron chi connectivity index (χ4n) is 4.52. The Kier molecular flexibility index (Phi) is 8.35. The van der Waals surface area contributed by atoms with E-state index < -0.39 is 48.0 Å². The summed E-state index contributed by atoms with van der Waals surface area (Å²) in [4.78, 5) is 30.6. The number of halogens is 5. The normalized spacial score (nSPS) is 17.5. The number of carboxylic acids is 1. The van der Waals surface area contributed by atoms with E-state index in [1.54, 1.807) is 5.38 Å². The summed E-state index contributed by atoms with van der Waals surface area (Å²) in [6.07, 6.45) is -3.07. The van der Waals surface area contributed by atoms with Crippen LogP contribution in [-0.2, 0) is 11.0 Å². The van der Waals surface area contributed by atoms with Crippen LogP contribution in [0.2, 0.25) is 0 Å². The summed E-state index contributed by atoms with van der Waals surface area (Å²) in [7, 11) is 0. The number of hydrogen-bond donors (Lipinski definition) is 2. The molecule has 1 fully saturated rings. The highest BCUT2D eigenvalue weighted by Crippen LogP contribution is 2.38.